The van der Waals surface area contributed by atoms with Crippen molar-refractivity contribution in [3.63, 3.8) is 0 Å². The van der Waals surface area contributed by atoms with Crippen molar-refractivity contribution < 1.29 is 27.2 Å². The number of carbonyl (C=O) groups excluding carboxylic acids is 2. The van der Waals surface area contributed by atoms with Crippen LogP contribution >= 0.6 is 23.4 Å². The molecule has 0 bridgehead atoms. The highest BCUT2D eigenvalue weighted by Gasteiger charge is 2.39. The summed E-state index contributed by atoms with van der Waals surface area (Å²) in [5.41, 5.74) is -0.634. The summed E-state index contributed by atoms with van der Waals surface area (Å²) in [6, 6.07) is 8.46. The van der Waals surface area contributed by atoms with Crippen LogP contribution in [-0.4, -0.2) is 33.7 Å². The normalized spacial score (nSPS) is 17.6. The van der Waals surface area contributed by atoms with E-state index in [0.717, 1.165) is 30.3 Å². The van der Waals surface area contributed by atoms with Crippen molar-refractivity contribution in [3.05, 3.63) is 58.9 Å². The minimum atomic E-state index is -4.64. The molecule has 176 valence electrons. The highest BCUT2D eigenvalue weighted by molar-refractivity contribution is 8.15. The standard InChI is InChI=1S/C22H20ClF4N3O2S/c1-2-3-10-30-20(32)18(12-19(31)28-14-6-4-13(24)5-7-14)33-21(30)29-15-8-9-17(23)16(11-15)22(25,26)27/h4-9,11,18H,2-3,10,12H2,1H3,(H,28,31)/t18-/m0/s1. The molecule has 1 atom stereocenters. The molecule has 0 radical (unpaired) electrons. The lowest BCUT2D eigenvalue weighted by Gasteiger charge is -2.16. The average Bonchev–Trinajstić information content (AvgIpc) is 3.02. The second-order valence-electron chi connectivity index (χ2n) is 7.27. The van der Waals surface area contributed by atoms with E-state index in [4.69, 9.17) is 11.6 Å². The zero-order valence-corrected chi connectivity index (χ0v) is 19.0. The number of hydrogen-bond acceptors (Lipinski definition) is 4. The van der Waals surface area contributed by atoms with Crippen LogP contribution in [0.25, 0.3) is 0 Å². The maximum Gasteiger partial charge on any atom is 0.417 e. The van der Waals surface area contributed by atoms with Gasteiger partial charge in [-0.05, 0) is 48.9 Å². The summed E-state index contributed by atoms with van der Waals surface area (Å²) in [5.74, 6) is -1.24. The zero-order valence-electron chi connectivity index (χ0n) is 17.5. The quantitative estimate of drug-likeness (QED) is 0.456. The number of carbonyl (C=O) groups is 2. The molecule has 0 unspecified atom stereocenters. The first-order valence-corrected chi connectivity index (χ1v) is 11.3. The topological polar surface area (TPSA) is 61.8 Å². The van der Waals surface area contributed by atoms with E-state index in [1.54, 1.807) is 0 Å². The van der Waals surface area contributed by atoms with E-state index in [1.165, 1.54) is 35.2 Å². The summed E-state index contributed by atoms with van der Waals surface area (Å²) in [7, 11) is 0. The molecule has 2 aromatic carbocycles. The Morgan fingerprint density at radius 1 is 1.21 bits per heavy atom. The number of unbranched alkanes of at least 4 members (excludes halogenated alkanes) is 1. The predicted octanol–water partition coefficient (Wildman–Crippen LogP) is 6.26. The third kappa shape index (κ3) is 6.48. The molecule has 1 N–H and O–H groups in total. The molecule has 2 amide bonds. The molecule has 0 spiro atoms. The number of nitrogens with zero attached hydrogens (tertiary/aromatic N) is 2. The van der Waals surface area contributed by atoms with E-state index in [1.807, 2.05) is 6.92 Å². The van der Waals surface area contributed by atoms with Gasteiger partial charge in [-0.2, -0.15) is 13.2 Å². The maximum atomic E-state index is 13.2. The van der Waals surface area contributed by atoms with Crippen LogP contribution in [0, 0.1) is 5.82 Å². The van der Waals surface area contributed by atoms with Gasteiger partial charge in [0, 0.05) is 18.7 Å². The van der Waals surface area contributed by atoms with Crippen LogP contribution in [0.4, 0.5) is 28.9 Å². The number of aliphatic imine (C=N–C) groups is 1. The fraction of sp³-hybridized carbons (Fsp3) is 0.318. The van der Waals surface area contributed by atoms with Gasteiger partial charge >= 0.3 is 6.18 Å². The summed E-state index contributed by atoms with van der Waals surface area (Å²) in [5, 5.41) is 1.60. The average molecular weight is 502 g/mol. The lowest BCUT2D eigenvalue weighted by atomic mass is 10.2. The van der Waals surface area contributed by atoms with Gasteiger partial charge in [0.2, 0.25) is 11.8 Å². The van der Waals surface area contributed by atoms with Gasteiger partial charge in [0.15, 0.2) is 5.17 Å². The molecule has 0 aliphatic carbocycles. The fourth-order valence-electron chi connectivity index (χ4n) is 3.07. The van der Waals surface area contributed by atoms with E-state index in [0.29, 0.717) is 18.7 Å². The first kappa shape index (κ1) is 25.0. The number of benzene rings is 2. The Labute approximate surface area is 197 Å². The Kier molecular flexibility index (Phi) is 8.01. The Hall–Kier alpha value is -2.59. The van der Waals surface area contributed by atoms with Crippen LogP contribution < -0.4 is 5.32 Å². The number of rotatable bonds is 7. The Morgan fingerprint density at radius 2 is 1.91 bits per heavy atom. The molecule has 1 aliphatic heterocycles. The minimum Gasteiger partial charge on any atom is -0.326 e. The van der Waals surface area contributed by atoms with Crippen LogP contribution in [0.5, 0.6) is 0 Å². The van der Waals surface area contributed by atoms with Gasteiger partial charge in [0.05, 0.1) is 16.3 Å². The minimum absolute atomic E-state index is 0.0000582. The van der Waals surface area contributed by atoms with Crippen LogP contribution in [-0.2, 0) is 15.8 Å². The van der Waals surface area contributed by atoms with Crippen molar-refractivity contribution in [1.29, 1.82) is 0 Å². The van der Waals surface area contributed by atoms with Gasteiger partial charge < -0.3 is 5.32 Å². The van der Waals surface area contributed by atoms with E-state index >= 15 is 0 Å². The lowest BCUT2D eigenvalue weighted by Crippen LogP contribution is -2.34. The number of anilines is 1. The first-order valence-electron chi connectivity index (χ1n) is 10.1. The predicted molar refractivity (Wildman–Crippen MR) is 121 cm³/mol. The van der Waals surface area contributed by atoms with Crippen LogP contribution in [0.15, 0.2) is 47.5 Å². The fourth-order valence-corrected chi connectivity index (χ4v) is 4.48. The zero-order chi connectivity index (χ0) is 24.2. The third-order valence-corrected chi connectivity index (χ3v) is 6.24. The molecule has 5 nitrogen and oxygen atoms in total. The summed E-state index contributed by atoms with van der Waals surface area (Å²) in [6.07, 6.45) is -3.36. The molecule has 1 fully saturated rings. The number of amides is 2. The first-order chi connectivity index (χ1) is 15.6. The number of amidine groups is 1. The highest BCUT2D eigenvalue weighted by Crippen LogP contribution is 2.38. The molecule has 0 saturated carbocycles. The molecule has 0 aromatic heterocycles. The summed E-state index contributed by atoms with van der Waals surface area (Å²) in [6.45, 7) is 2.27. The Balaban J connectivity index is 1.80. The van der Waals surface area contributed by atoms with Crippen molar-refractivity contribution in [3.8, 4) is 0 Å². The smallest absolute Gasteiger partial charge is 0.326 e. The Bertz CT molecular complexity index is 1060. The molecule has 1 saturated heterocycles. The van der Waals surface area contributed by atoms with E-state index < -0.39 is 33.7 Å². The molecule has 33 heavy (non-hydrogen) atoms. The van der Waals surface area contributed by atoms with Gasteiger partial charge in [-0.15, -0.1) is 0 Å². The van der Waals surface area contributed by atoms with Gasteiger partial charge in [0.25, 0.3) is 0 Å². The van der Waals surface area contributed by atoms with Gasteiger partial charge in [-0.25, -0.2) is 9.38 Å². The van der Waals surface area contributed by atoms with Crippen molar-refractivity contribution in [2.75, 3.05) is 11.9 Å². The summed E-state index contributed by atoms with van der Waals surface area (Å²) < 4.78 is 52.6. The number of hydrogen-bond donors (Lipinski definition) is 1. The van der Waals surface area contributed by atoms with Gasteiger partial charge in [-0.1, -0.05) is 36.7 Å². The molecule has 3 rings (SSSR count). The van der Waals surface area contributed by atoms with Crippen molar-refractivity contribution in [1.82, 2.24) is 4.90 Å². The van der Waals surface area contributed by atoms with Crippen molar-refractivity contribution in [2.24, 2.45) is 4.99 Å². The number of halogens is 5. The van der Waals surface area contributed by atoms with E-state index in [2.05, 4.69) is 10.3 Å². The number of thioether (sulfide) groups is 1. The van der Waals surface area contributed by atoms with Crippen LogP contribution in [0.2, 0.25) is 5.02 Å². The Morgan fingerprint density at radius 3 is 2.55 bits per heavy atom. The molecular formula is C22H20ClF4N3O2S. The van der Waals surface area contributed by atoms with Crippen molar-refractivity contribution in [2.45, 2.75) is 37.6 Å². The second kappa shape index (κ2) is 10.6. The van der Waals surface area contributed by atoms with Crippen LogP contribution in [0.1, 0.15) is 31.7 Å². The van der Waals surface area contributed by atoms with E-state index in [9.17, 15) is 27.2 Å². The number of nitrogens with one attached hydrogen (secondary N) is 1. The molecule has 2 aromatic rings. The van der Waals surface area contributed by atoms with Gasteiger partial charge in [-0.3, -0.25) is 14.5 Å². The largest absolute Gasteiger partial charge is 0.417 e. The monoisotopic (exact) mass is 501 g/mol. The third-order valence-electron chi connectivity index (χ3n) is 4.73. The van der Waals surface area contributed by atoms with Crippen molar-refractivity contribution >= 4 is 51.7 Å². The molecule has 1 aliphatic rings. The maximum absolute atomic E-state index is 13.2. The van der Waals surface area contributed by atoms with E-state index in [-0.39, 0.29) is 23.2 Å². The molecular weight excluding hydrogens is 482 g/mol. The molecule has 11 heteroatoms. The second-order valence-corrected chi connectivity index (χ2v) is 8.84. The van der Waals surface area contributed by atoms with Gasteiger partial charge in [0.1, 0.15) is 11.1 Å². The molecule has 1 heterocycles. The summed E-state index contributed by atoms with van der Waals surface area (Å²) >= 11 is 6.69. The highest BCUT2D eigenvalue weighted by atomic mass is 35.5. The number of alkyl halides is 3. The SMILES string of the molecule is CCCCN1C(=O)[C@H](CC(=O)Nc2ccc(F)cc2)SC1=Nc1ccc(Cl)c(C(F)(F)F)c1. The summed E-state index contributed by atoms with van der Waals surface area (Å²) in [4.78, 5) is 31.0. The van der Waals surface area contributed by atoms with Crippen LogP contribution in [0.3, 0.4) is 0 Å². The lowest BCUT2D eigenvalue weighted by molar-refractivity contribution is -0.137.